The van der Waals surface area contributed by atoms with Crippen LogP contribution in [-0.2, 0) is 9.47 Å². The highest BCUT2D eigenvalue weighted by atomic mass is 16.5. The maximum atomic E-state index is 6.13. The van der Waals surface area contributed by atoms with Gasteiger partial charge in [-0.2, -0.15) is 0 Å². The van der Waals surface area contributed by atoms with Crippen molar-refractivity contribution in [1.29, 1.82) is 0 Å². The van der Waals surface area contributed by atoms with Crippen LogP contribution >= 0.6 is 0 Å². The average Bonchev–Trinajstić information content (AvgIpc) is 2.73. The molecule has 2 aliphatic heterocycles. The lowest BCUT2D eigenvalue weighted by atomic mass is 9.78. The minimum absolute atomic E-state index is 0.0663. The molecule has 0 fully saturated rings. The average molecular weight is 322 g/mol. The third kappa shape index (κ3) is 3.72. The zero-order valence-electron chi connectivity index (χ0n) is 16.6. The Bertz CT molecular complexity index is 483. The van der Waals surface area contributed by atoms with Crippen LogP contribution in [0.4, 0.5) is 0 Å². The Morgan fingerprint density at radius 2 is 1.04 bits per heavy atom. The molecule has 23 heavy (non-hydrogen) atoms. The van der Waals surface area contributed by atoms with E-state index in [2.05, 4.69) is 69.2 Å². The van der Waals surface area contributed by atoms with Crippen molar-refractivity contribution in [2.24, 2.45) is 20.8 Å². The van der Waals surface area contributed by atoms with Crippen LogP contribution in [0.5, 0.6) is 0 Å². The second kappa shape index (κ2) is 5.22. The summed E-state index contributed by atoms with van der Waals surface area (Å²) in [5.41, 5.74) is -0.439. The molecule has 0 saturated carbocycles. The van der Waals surface area contributed by atoms with E-state index in [-0.39, 0.29) is 34.1 Å². The van der Waals surface area contributed by atoms with Crippen LogP contribution in [0.3, 0.4) is 0 Å². The Morgan fingerprint density at radius 3 is 1.26 bits per heavy atom. The zero-order chi connectivity index (χ0) is 17.8. The lowest BCUT2D eigenvalue weighted by molar-refractivity contribution is 0.0492. The molecular formula is C19H34N2O2. The standard InChI is InChI=1S/C19H34N2O2/c1-16(2,3)14-18(7,8)22-12(20-14)11-13-21-15(17(4,5)6)19(9,10)23-13/h14-15H,11H2,1-10H3/t14-,15-/m1/s1. The van der Waals surface area contributed by atoms with Gasteiger partial charge in [0.2, 0.25) is 0 Å². The van der Waals surface area contributed by atoms with Gasteiger partial charge in [-0.25, -0.2) is 9.98 Å². The van der Waals surface area contributed by atoms with Crippen molar-refractivity contribution >= 4 is 11.8 Å². The van der Waals surface area contributed by atoms with E-state index >= 15 is 0 Å². The van der Waals surface area contributed by atoms with Gasteiger partial charge < -0.3 is 9.47 Å². The number of nitrogens with zero attached hydrogens (tertiary/aromatic N) is 2. The summed E-state index contributed by atoms with van der Waals surface area (Å²) in [5.74, 6) is 1.50. The molecule has 4 heteroatoms. The fourth-order valence-electron chi connectivity index (χ4n) is 4.14. The van der Waals surface area contributed by atoms with Gasteiger partial charge in [0.15, 0.2) is 11.8 Å². The molecule has 2 rings (SSSR count). The van der Waals surface area contributed by atoms with E-state index in [1.165, 1.54) is 0 Å². The maximum Gasteiger partial charge on any atom is 0.193 e. The van der Waals surface area contributed by atoms with Crippen LogP contribution < -0.4 is 0 Å². The molecule has 4 nitrogen and oxygen atoms in total. The molecule has 2 atom stereocenters. The highest BCUT2D eigenvalue weighted by Gasteiger charge is 2.48. The van der Waals surface area contributed by atoms with Gasteiger partial charge in [-0.1, -0.05) is 41.5 Å². The predicted octanol–water partition coefficient (Wildman–Crippen LogP) is 4.62. The van der Waals surface area contributed by atoms with Gasteiger partial charge in [-0.3, -0.25) is 0 Å². The monoisotopic (exact) mass is 322 g/mol. The largest absolute Gasteiger partial charge is 0.472 e. The van der Waals surface area contributed by atoms with Crippen LogP contribution in [0, 0.1) is 10.8 Å². The van der Waals surface area contributed by atoms with Crippen LogP contribution in [0.1, 0.15) is 75.7 Å². The summed E-state index contributed by atoms with van der Waals surface area (Å²) < 4.78 is 12.3. The van der Waals surface area contributed by atoms with E-state index in [4.69, 9.17) is 19.5 Å². The number of ether oxygens (including phenoxy) is 2. The quantitative estimate of drug-likeness (QED) is 0.744. The van der Waals surface area contributed by atoms with Gasteiger partial charge in [0, 0.05) is 0 Å². The Kier molecular flexibility index (Phi) is 4.15. The van der Waals surface area contributed by atoms with Crippen molar-refractivity contribution in [3.05, 3.63) is 0 Å². The Balaban J connectivity index is 2.18. The Labute approximate surface area is 141 Å². The number of rotatable bonds is 2. The summed E-state index contributed by atoms with van der Waals surface area (Å²) in [7, 11) is 0. The number of hydrogen-bond acceptors (Lipinski definition) is 4. The van der Waals surface area contributed by atoms with E-state index in [1.54, 1.807) is 0 Å². The SMILES string of the molecule is CC(C)(C)[C@H]1N=C(CC2=N[C@H](C(C)(C)C)C(C)(C)O2)OC1(C)C. The molecule has 2 aliphatic rings. The summed E-state index contributed by atoms with van der Waals surface area (Å²) in [5, 5.41) is 0. The number of aliphatic imine (C=N–C) groups is 2. The number of hydrogen-bond donors (Lipinski definition) is 0. The van der Waals surface area contributed by atoms with Crippen LogP contribution in [-0.4, -0.2) is 35.1 Å². The van der Waals surface area contributed by atoms with Crippen molar-refractivity contribution in [1.82, 2.24) is 0 Å². The summed E-state index contributed by atoms with van der Waals surface area (Å²) in [6.07, 6.45) is 0.548. The predicted molar refractivity (Wildman–Crippen MR) is 96.3 cm³/mol. The van der Waals surface area contributed by atoms with E-state index in [0.29, 0.717) is 6.42 Å². The first-order valence-electron chi connectivity index (χ1n) is 8.64. The molecule has 0 aromatic heterocycles. The topological polar surface area (TPSA) is 43.2 Å². The fourth-order valence-corrected chi connectivity index (χ4v) is 4.14. The molecule has 132 valence electrons. The molecule has 0 saturated heterocycles. The van der Waals surface area contributed by atoms with E-state index in [1.807, 2.05) is 0 Å². The molecule has 0 spiro atoms. The minimum atomic E-state index is -0.286. The molecule has 0 aliphatic carbocycles. The third-order valence-corrected chi connectivity index (χ3v) is 4.57. The van der Waals surface area contributed by atoms with Crippen molar-refractivity contribution in [3.63, 3.8) is 0 Å². The first-order chi connectivity index (χ1) is 10.1. The van der Waals surface area contributed by atoms with Crippen molar-refractivity contribution < 1.29 is 9.47 Å². The van der Waals surface area contributed by atoms with Gasteiger partial charge in [0.1, 0.15) is 11.2 Å². The molecule has 0 aromatic carbocycles. The van der Waals surface area contributed by atoms with Gasteiger partial charge in [-0.15, -0.1) is 0 Å². The molecule has 0 radical (unpaired) electrons. The zero-order valence-corrected chi connectivity index (χ0v) is 16.6. The highest BCUT2D eigenvalue weighted by molar-refractivity contribution is 5.98. The molecule has 2 heterocycles. The van der Waals surface area contributed by atoms with E-state index < -0.39 is 0 Å². The van der Waals surface area contributed by atoms with E-state index in [0.717, 1.165) is 11.8 Å². The second-order valence-electron chi connectivity index (χ2n) is 10.2. The lowest BCUT2D eigenvalue weighted by Crippen LogP contribution is -2.42. The van der Waals surface area contributed by atoms with Crippen LogP contribution in [0.2, 0.25) is 0 Å². The van der Waals surface area contributed by atoms with Gasteiger partial charge in [0.05, 0.1) is 18.5 Å². The van der Waals surface area contributed by atoms with Crippen molar-refractivity contribution in [2.45, 2.75) is 98.9 Å². The van der Waals surface area contributed by atoms with Gasteiger partial charge >= 0.3 is 0 Å². The minimum Gasteiger partial charge on any atom is -0.472 e. The lowest BCUT2D eigenvalue weighted by Gasteiger charge is -2.34. The summed E-state index contributed by atoms with van der Waals surface area (Å²) in [6, 6.07) is 0.275. The van der Waals surface area contributed by atoms with Gasteiger partial charge in [0.25, 0.3) is 0 Å². The van der Waals surface area contributed by atoms with Crippen molar-refractivity contribution in [2.75, 3.05) is 0 Å². The second-order valence-corrected chi connectivity index (χ2v) is 10.2. The summed E-state index contributed by atoms with van der Waals surface area (Å²) in [6.45, 7) is 21.7. The van der Waals surface area contributed by atoms with Crippen LogP contribution in [0.25, 0.3) is 0 Å². The van der Waals surface area contributed by atoms with Gasteiger partial charge in [-0.05, 0) is 38.5 Å². The molecule has 0 unspecified atom stereocenters. The molecular weight excluding hydrogens is 288 g/mol. The first-order valence-corrected chi connectivity index (χ1v) is 8.64. The van der Waals surface area contributed by atoms with Crippen molar-refractivity contribution in [3.8, 4) is 0 Å². The Hall–Kier alpha value is -1.06. The first kappa shape index (κ1) is 18.3. The van der Waals surface area contributed by atoms with E-state index in [9.17, 15) is 0 Å². The van der Waals surface area contributed by atoms with Crippen LogP contribution in [0.15, 0.2) is 9.98 Å². The molecule has 0 N–H and O–H groups in total. The maximum absolute atomic E-state index is 6.13. The fraction of sp³-hybridized carbons (Fsp3) is 0.895. The smallest absolute Gasteiger partial charge is 0.193 e. The summed E-state index contributed by atoms with van der Waals surface area (Å²) >= 11 is 0. The third-order valence-electron chi connectivity index (χ3n) is 4.57. The molecule has 0 aromatic rings. The molecule has 0 bridgehead atoms. The summed E-state index contributed by atoms with van der Waals surface area (Å²) in [4.78, 5) is 9.69. The molecule has 0 amide bonds. The highest BCUT2D eigenvalue weighted by Crippen LogP contribution is 2.40. The Morgan fingerprint density at radius 1 is 0.739 bits per heavy atom. The normalized spacial score (nSPS) is 29.7.